The fourth-order valence-corrected chi connectivity index (χ4v) is 1.52. The summed E-state index contributed by atoms with van der Waals surface area (Å²) in [5, 5.41) is 8.26. The van der Waals surface area contributed by atoms with Crippen LogP contribution in [-0.2, 0) is 0 Å². The van der Waals surface area contributed by atoms with Crippen LogP contribution in [0.5, 0.6) is 0 Å². The molecule has 0 aliphatic carbocycles. The van der Waals surface area contributed by atoms with E-state index in [0.29, 0.717) is 16.9 Å². The summed E-state index contributed by atoms with van der Waals surface area (Å²) in [6, 6.07) is 12.4. The Bertz CT molecular complexity index is 588. The molecule has 0 aromatic heterocycles. The first-order valence-corrected chi connectivity index (χ1v) is 5.52. The van der Waals surface area contributed by atoms with Crippen molar-refractivity contribution in [2.45, 2.75) is 6.92 Å². The number of nitrogens with zero attached hydrogens (tertiary/aromatic N) is 2. The quantitative estimate of drug-likeness (QED) is 0.502. The smallest absolute Gasteiger partial charge is 0.150 e. The lowest BCUT2D eigenvalue weighted by atomic mass is 10.2. The van der Waals surface area contributed by atoms with E-state index in [2.05, 4.69) is 10.2 Å². The normalized spacial score (nSPS) is 10.7. The van der Waals surface area contributed by atoms with Crippen molar-refractivity contribution in [3.05, 3.63) is 53.6 Å². The zero-order valence-corrected chi connectivity index (χ0v) is 10.00. The van der Waals surface area contributed by atoms with Crippen molar-refractivity contribution in [3.63, 3.8) is 0 Å². The van der Waals surface area contributed by atoms with Gasteiger partial charge in [-0.2, -0.15) is 10.2 Å². The molecular weight excluding hydrogens is 226 g/mol. The lowest BCUT2D eigenvalue weighted by Crippen LogP contribution is -1.84. The van der Waals surface area contributed by atoms with Crippen molar-refractivity contribution in [1.82, 2.24) is 0 Å². The number of anilines is 1. The Morgan fingerprint density at radius 1 is 1.06 bits per heavy atom. The van der Waals surface area contributed by atoms with E-state index in [1.807, 2.05) is 19.1 Å². The molecule has 2 N–H and O–H groups in total. The number of carbonyl (C=O) groups is 1. The van der Waals surface area contributed by atoms with Gasteiger partial charge in [-0.3, -0.25) is 4.79 Å². The van der Waals surface area contributed by atoms with Crippen molar-refractivity contribution < 1.29 is 4.79 Å². The van der Waals surface area contributed by atoms with E-state index in [1.54, 1.807) is 30.3 Å². The zero-order valence-electron chi connectivity index (χ0n) is 10.00. The van der Waals surface area contributed by atoms with Crippen LogP contribution in [0.4, 0.5) is 17.1 Å². The highest BCUT2D eigenvalue weighted by Gasteiger charge is 1.97. The van der Waals surface area contributed by atoms with E-state index < -0.39 is 0 Å². The molecule has 2 aromatic rings. The van der Waals surface area contributed by atoms with Crippen LogP contribution in [0.1, 0.15) is 15.9 Å². The molecule has 18 heavy (non-hydrogen) atoms. The van der Waals surface area contributed by atoms with E-state index in [0.717, 1.165) is 17.5 Å². The predicted molar refractivity (Wildman–Crippen MR) is 71.6 cm³/mol. The molecule has 0 radical (unpaired) electrons. The summed E-state index contributed by atoms with van der Waals surface area (Å²) in [7, 11) is 0. The predicted octanol–water partition coefficient (Wildman–Crippen LogP) is 3.81. The maximum Gasteiger partial charge on any atom is 0.150 e. The van der Waals surface area contributed by atoms with Crippen molar-refractivity contribution in [1.29, 1.82) is 0 Å². The number of nitrogen functional groups attached to an aromatic ring is 1. The Kier molecular flexibility index (Phi) is 3.48. The summed E-state index contributed by atoms with van der Waals surface area (Å²) in [4.78, 5) is 10.5. The average Bonchev–Trinajstić information content (AvgIpc) is 2.38. The number of aryl methyl sites for hydroxylation is 1. The lowest BCUT2D eigenvalue weighted by Gasteiger charge is -2.00. The van der Waals surface area contributed by atoms with Crippen LogP contribution < -0.4 is 5.73 Å². The number of rotatable bonds is 3. The van der Waals surface area contributed by atoms with Crippen LogP contribution in [0.3, 0.4) is 0 Å². The summed E-state index contributed by atoms with van der Waals surface area (Å²) in [5.41, 5.74) is 9.46. The molecule has 0 aliphatic rings. The number of azo groups is 1. The molecule has 0 aliphatic heterocycles. The van der Waals surface area contributed by atoms with Crippen LogP contribution in [0.2, 0.25) is 0 Å². The third kappa shape index (κ3) is 2.79. The van der Waals surface area contributed by atoms with Gasteiger partial charge in [0.1, 0.15) is 6.29 Å². The molecule has 0 heterocycles. The van der Waals surface area contributed by atoms with Crippen molar-refractivity contribution in [2.75, 3.05) is 5.73 Å². The first-order chi connectivity index (χ1) is 8.69. The second-order valence-corrected chi connectivity index (χ2v) is 3.96. The van der Waals surface area contributed by atoms with Crippen molar-refractivity contribution in [2.24, 2.45) is 10.2 Å². The second kappa shape index (κ2) is 5.23. The number of hydrogen-bond donors (Lipinski definition) is 1. The average molecular weight is 239 g/mol. The number of aldehydes is 1. The largest absolute Gasteiger partial charge is 0.399 e. The second-order valence-electron chi connectivity index (χ2n) is 3.96. The molecule has 4 heteroatoms. The molecule has 90 valence electrons. The minimum Gasteiger partial charge on any atom is -0.399 e. The van der Waals surface area contributed by atoms with Gasteiger partial charge in [-0.25, -0.2) is 0 Å². The Morgan fingerprint density at radius 3 is 2.39 bits per heavy atom. The van der Waals surface area contributed by atoms with E-state index >= 15 is 0 Å². The zero-order chi connectivity index (χ0) is 13.0. The Balaban J connectivity index is 2.21. The summed E-state index contributed by atoms with van der Waals surface area (Å²) in [5.74, 6) is 0. The van der Waals surface area contributed by atoms with Gasteiger partial charge in [-0.15, -0.1) is 0 Å². The third-order valence-electron chi connectivity index (χ3n) is 2.52. The van der Waals surface area contributed by atoms with Crippen molar-refractivity contribution in [3.8, 4) is 0 Å². The van der Waals surface area contributed by atoms with Gasteiger partial charge in [-0.1, -0.05) is 0 Å². The number of benzene rings is 2. The molecule has 2 rings (SSSR count). The lowest BCUT2D eigenvalue weighted by molar-refractivity contribution is 0.112. The molecule has 0 atom stereocenters. The van der Waals surface area contributed by atoms with Gasteiger partial charge in [0, 0.05) is 11.3 Å². The highest BCUT2D eigenvalue weighted by atomic mass is 16.1. The summed E-state index contributed by atoms with van der Waals surface area (Å²) < 4.78 is 0. The Labute approximate surface area is 105 Å². The van der Waals surface area contributed by atoms with Crippen LogP contribution >= 0.6 is 0 Å². The molecule has 0 amide bonds. The molecule has 0 unspecified atom stereocenters. The van der Waals surface area contributed by atoms with E-state index in [-0.39, 0.29) is 0 Å². The van der Waals surface area contributed by atoms with Gasteiger partial charge < -0.3 is 5.73 Å². The number of carbonyl (C=O) groups excluding carboxylic acids is 1. The topological polar surface area (TPSA) is 67.8 Å². The van der Waals surface area contributed by atoms with Crippen LogP contribution in [0.15, 0.2) is 52.7 Å². The van der Waals surface area contributed by atoms with E-state index in [9.17, 15) is 4.79 Å². The fourth-order valence-electron chi connectivity index (χ4n) is 1.52. The molecule has 2 aromatic carbocycles. The summed E-state index contributed by atoms with van der Waals surface area (Å²) in [6.45, 7) is 1.93. The summed E-state index contributed by atoms with van der Waals surface area (Å²) >= 11 is 0. The van der Waals surface area contributed by atoms with Crippen molar-refractivity contribution >= 4 is 23.3 Å². The van der Waals surface area contributed by atoms with Crippen LogP contribution in [0.25, 0.3) is 0 Å². The SMILES string of the molecule is Cc1cc(N)ccc1/N=N/c1ccc(C=O)cc1. The standard InChI is InChI=1S/C14H13N3O/c1-10-8-12(15)4-7-14(10)17-16-13-5-2-11(9-18)3-6-13/h2-9H,15H2,1H3/b17-16+. The van der Waals surface area contributed by atoms with Crippen LogP contribution in [-0.4, -0.2) is 6.29 Å². The van der Waals surface area contributed by atoms with Gasteiger partial charge in [0.05, 0.1) is 11.4 Å². The maximum absolute atomic E-state index is 10.5. The summed E-state index contributed by atoms with van der Waals surface area (Å²) in [6.07, 6.45) is 0.797. The molecular formula is C14H13N3O. The number of hydrogen-bond acceptors (Lipinski definition) is 4. The van der Waals surface area contributed by atoms with Gasteiger partial charge in [-0.05, 0) is 55.0 Å². The minimum absolute atomic E-state index is 0.623. The molecule has 0 saturated carbocycles. The van der Waals surface area contributed by atoms with Crippen LogP contribution in [0, 0.1) is 6.92 Å². The van der Waals surface area contributed by atoms with Gasteiger partial charge in [0.2, 0.25) is 0 Å². The first kappa shape index (κ1) is 12.0. The van der Waals surface area contributed by atoms with E-state index in [1.165, 1.54) is 0 Å². The fraction of sp³-hybridized carbons (Fsp3) is 0.0714. The number of nitrogens with two attached hydrogens (primary N) is 1. The molecule has 0 bridgehead atoms. The van der Waals surface area contributed by atoms with E-state index in [4.69, 9.17) is 5.73 Å². The van der Waals surface area contributed by atoms with Gasteiger partial charge >= 0.3 is 0 Å². The monoisotopic (exact) mass is 239 g/mol. The third-order valence-corrected chi connectivity index (χ3v) is 2.52. The molecule has 0 fully saturated rings. The minimum atomic E-state index is 0.623. The molecule has 4 nitrogen and oxygen atoms in total. The highest BCUT2D eigenvalue weighted by molar-refractivity contribution is 5.75. The highest BCUT2D eigenvalue weighted by Crippen LogP contribution is 2.23. The first-order valence-electron chi connectivity index (χ1n) is 5.52. The maximum atomic E-state index is 10.5. The van der Waals surface area contributed by atoms with Gasteiger partial charge in [0.15, 0.2) is 0 Å². The molecule has 0 spiro atoms. The molecule has 0 saturated heterocycles. The Morgan fingerprint density at radius 2 is 1.78 bits per heavy atom. The van der Waals surface area contributed by atoms with Gasteiger partial charge in [0.25, 0.3) is 0 Å². The Hall–Kier alpha value is -2.49.